The van der Waals surface area contributed by atoms with Crippen LogP contribution in [0.5, 0.6) is 0 Å². The van der Waals surface area contributed by atoms with Crippen molar-refractivity contribution in [3.63, 3.8) is 0 Å². The monoisotopic (exact) mass is 203 g/mol. The van der Waals surface area contributed by atoms with Crippen LogP contribution in [0, 0.1) is 0 Å². The molecule has 0 aromatic heterocycles. The zero-order valence-corrected chi connectivity index (χ0v) is 10.9. The van der Waals surface area contributed by atoms with E-state index in [0.717, 1.165) is 12.8 Å². The van der Waals surface area contributed by atoms with Crippen molar-refractivity contribution in [2.24, 2.45) is 5.73 Å². The molecule has 0 aromatic carbocycles. The van der Waals surface area contributed by atoms with Crippen LogP contribution in [-0.4, -0.2) is 18.7 Å². The van der Waals surface area contributed by atoms with Gasteiger partial charge in [-0.15, -0.1) is 0 Å². The summed E-state index contributed by atoms with van der Waals surface area (Å²) < 4.78 is 0. The summed E-state index contributed by atoms with van der Waals surface area (Å²) in [5.41, 5.74) is 5.81. The Morgan fingerprint density at radius 1 is 1.08 bits per heavy atom. The first-order valence-corrected chi connectivity index (χ1v) is 7.92. The largest absolute Gasteiger partial charge is 0.432 e. The van der Waals surface area contributed by atoms with E-state index in [4.69, 9.17) is 5.73 Å². The van der Waals surface area contributed by atoms with Crippen LogP contribution in [-0.2, 0) is 0 Å². The van der Waals surface area contributed by atoms with Gasteiger partial charge < -0.3 is 10.5 Å². The highest BCUT2D eigenvalue weighted by Crippen LogP contribution is 2.40. The summed E-state index contributed by atoms with van der Waals surface area (Å²) in [6.45, 7) is 12.4. The van der Waals surface area contributed by atoms with Gasteiger partial charge >= 0.3 is 0 Å². The van der Waals surface area contributed by atoms with Crippen molar-refractivity contribution in [1.29, 1.82) is 0 Å². The van der Waals surface area contributed by atoms with Crippen molar-refractivity contribution in [1.82, 2.24) is 0 Å². The number of hydrogen-bond acceptors (Lipinski definition) is 2. The fourth-order valence-electron chi connectivity index (χ4n) is 0.941. The van der Waals surface area contributed by atoms with E-state index < -0.39 is 8.32 Å². The standard InChI is InChI=1S/C10H25NOSi/c1-9(2,11)7-8-10(3,4)13(5,6)12/h12H,7-8,11H2,1-6H3. The Morgan fingerprint density at radius 3 is 1.69 bits per heavy atom. The van der Waals surface area contributed by atoms with E-state index in [2.05, 4.69) is 13.8 Å². The normalized spacial score (nSPS) is 14.8. The average molecular weight is 203 g/mol. The number of hydrogen-bond donors (Lipinski definition) is 2. The summed E-state index contributed by atoms with van der Waals surface area (Å²) >= 11 is 0. The van der Waals surface area contributed by atoms with E-state index in [-0.39, 0.29) is 10.6 Å². The van der Waals surface area contributed by atoms with Gasteiger partial charge in [0, 0.05) is 5.54 Å². The van der Waals surface area contributed by atoms with E-state index in [0.29, 0.717) is 0 Å². The molecule has 0 aliphatic carbocycles. The fourth-order valence-corrected chi connectivity index (χ4v) is 1.68. The van der Waals surface area contributed by atoms with Gasteiger partial charge in [-0.1, -0.05) is 13.8 Å². The van der Waals surface area contributed by atoms with Gasteiger partial charge in [-0.05, 0) is 44.8 Å². The summed E-state index contributed by atoms with van der Waals surface area (Å²) in [5, 5.41) is 0.0592. The molecule has 0 spiro atoms. The summed E-state index contributed by atoms with van der Waals surface area (Å²) in [6, 6.07) is 0. The molecule has 0 saturated carbocycles. The molecule has 0 bridgehead atoms. The number of rotatable bonds is 4. The Kier molecular flexibility index (Phi) is 3.75. The summed E-state index contributed by atoms with van der Waals surface area (Å²) in [6.07, 6.45) is 1.98. The molecule has 0 aliphatic heterocycles. The minimum absolute atomic E-state index is 0.0592. The third-order valence-corrected chi connectivity index (χ3v) is 6.61. The maximum Gasteiger partial charge on any atom is 0.188 e. The molecule has 0 aromatic rings. The highest BCUT2D eigenvalue weighted by Gasteiger charge is 2.38. The molecule has 0 atom stereocenters. The third-order valence-electron chi connectivity index (χ3n) is 3.05. The van der Waals surface area contributed by atoms with Crippen LogP contribution < -0.4 is 5.73 Å². The number of nitrogens with two attached hydrogens (primary N) is 1. The van der Waals surface area contributed by atoms with Crippen molar-refractivity contribution in [3.05, 3.63) is 0 Å². The van der Waals surface area contributed by atoms with Crippen LogP contribution in [0.25, 0.3) is 0 Å². The molecule has 13 heavy (non-hydrogen) atoms. The second-order valence-corrected chi connectivity index (χ2v) is 10.4. The Bertz CT molecular complexity index is 165. The zero-order valence-electron chi connectivity index (χ0n) is 9.94. The van der Waals surface area contributed by atoms with E-state index in [1.54, 1.807) is 0 Å². The lowest BCUT2D eigenvalue weighted by Gasteiger charge is -2.37. The average Bonchev–Trinajstić information content (AvgIpc) is 1.79. The van der Waals surface area contributed by atoms with Gasteiger partial charge in [0.25, 0.3) is 0 Å². The molecule has 0 aliphatic rings. The fraction of sp³-hybridized carbons (Fsp3) is 1.00. The molecular formula is C10H25NOSi. The highest BCUT2D eigenvalue weighted by molar-refractivity contribution is 6.72. The van der Waals surface area contributed by atoms with Gasteiger partial charge in [-0.3, -0.25) is 0 Å². The predicted octanol–water partition coefficient (Wildman–Crippen LogP) is 2.48. The van der Waals surface area contributed by atoms with Crippen LogP contribution in [0.3, 0.4) is 0 Å². The highest BCUT2D eigenvalue weighted by atomic mass is 28.4. The van der Waals surface area contributed by atoms with Crippen molar-refractivity contribution in [2.75, 3.05) is 0 Å². The molecule has 0 amide bonds. The maximum atomic E-state index is 10.0. The first-order valence-electron chi connectivity index (χ1n) is 4.97. The third kappa shape index (κ3) is 4.79. The second-order valence-electron chi connectivity index (χ2n) is 5.93. The molecule has 0 saturated heterocycles. The van der Waals surface area contributed by atoms with Gasteiger partial charge in [0.05, 0.1) is 0 Å². The first-order chi connectivity index (χ1) is 5.46. The molecule has 0 fully saturated rings. The SMILES string of the molecule is CC(C)(N)CCC(C)(C)[Si](C)(C)O. The Balaban J connectivity index is 4.21. The Morgan fingerprint density at radius 2 is 1.46 bits per heavy atom. The van der Waals surface area contributed by atoms with E-state index >= 15 is 0 Å². The van der Waals surface area contributed by atoms with Gasteiger partial charge in [0.15, 0.2) is 8.32 Å². The lowest BCUT2D eigenvalue weighted by atomic mass is 9.94. The lowest BCUT2D eigenvalue weighted by molar-refractivity contribution is 0.385. The van der Waals surface area contributed by atoms with E-state index in [1.807, 2.05) is 26.9 Å². The zero-order chi connectivity index (χ0) is 10.9. The molecular weight excluding hydrogens is 178 g/mol. The molecule has 3 heteroatoms. The van der Waals surface area contributed by atoms with Crippen molar-refractivity contribution in [2.45, 2.75) is 64.2 Å². The van der Waals surface area contributed by atoms with Crippen LogP contribution in [0.1, 0.15) is 40.5 Å². The minimum atomic E-state index is -2.04. The van der Waals surface area contributed by atoms with Crippen molar-refractivity contribution in [3.8, 4) is 0 Å². The van der Waals surface area contributed by atoms with E-state index in [1.165, 1.54) is 0 Å². The topological polar surface area (TPSA) is 46.2 Å². The Hall–Kier alpha value is 0.137. The smallest absolute Gasteiger partial charge is 0.188 e. The Labute approximate surface area is 83.7 Å². The molecule has 0 heterocycles. The first kappa shape index (κ1) is 13.1. The summed E-state index contributed by atoms with van der Waals surface area (Å²) in [7, 11) is -2.04. The quantitative estimate of drug-likeness (QED) is 0.690. The molecule has 3 N–H and O–H groups in total. The lowest BCUT2D eigenvalue weighted by Crippen LogP contribution is -2.41. The second kappa shape index (κ2) is 3.71. The summed E-state index contributed by atoms with van der Waals surface area (Å²) in [5.74, 6) is 0. The maximum absolute atomic E-state index is 10.0. The van der Waals surface area contributed by atoms with E-state index in [9.17, 15) is 4.80 Å². The molecule has 0 radical (unpaired) electrons. The molecule has 2 nitrogen and oxygen atoms in total. The predicted molar refractivity (Wildman–Crippen MR) is 61.2 cm³/mol. The van der Waals surface area contributed by atoms with Crippen LogP contribution in [0.2, 0.25) is 18.1 Å². The van der Waals surface area contributed by atoms with Gasteiger partial charge in [0.2, 0.25) is 0 Å². The molecule has 0 rings (SSSR count). The molecule has 80 valence electrons. The molecule has 0 unspecified atom stereocenters. The van der Waals surface area contributed by atoms with Crippen LogP contribution >= 0.6 is 0 Å². The van der Waals surface area contributed by atoms with Crippen LogP contribution in [0.15, 0.2) is 0 Å². The van der Waals surface area contributed by atoms with Gasteiger partial charge in [0.1, 0.15) is 0 Å². The summed E-state index contributed by atoms with van der Waals surface area (Å²) in [4.78, 5) is 10.0. The van der Waals surface area contributed by atoms with Crippen molar-refractivity contribution >= 4 is 8.32 Å². The van der Waals surface area contributed by atoms with Gasteiger partial charge in [-0.2, -0.15) is 0 Å². The minimum Gasteiger partial charge on any atom is -0.432 e. The van der Waals surface area contributed by atoms with Crippen molar-refractivity contribution < 1.29 is 4.80 Å². The van der Waals surface area contributed by atoms with Gasteiger partial charge in [-0.25, -0.2) is 0 Å². The van der Waals surface area contributed by atoms with Crippen LogP contribution in [0.4, 0.5) is 0 Å².